The van der Waals surface area contributed by atoms with Crippen molar-refractivity contribution in [3.8, 4) is 11.5 Å². The van der Waals surface area contributed by atoms with Gasteiger partial charge in [0.05, 0.1) is 25.9 Å². The van der Waals surface area contributed by atoms with Gasteiger partial charge in [-0.3, -0.25) is 4.79 Å². The van der Waals surface area contributed by atoms with Crippen LogP contribution in [-0.4, -0.2) is 37.2 Å². The second-order valence-corrected chi connectivity index (χ2v) is 3.91. The SMILES string of the molecule is CCOc1ccc(/C(O)=C/C(=O)C(=O)OC)c(OCC)c1. The Morgan fingerprint density at radius 3 is 2.43 bits per heavy atom. The van der Waals surface area contributed by atoms with Gasteiger partial charge in [0.1, 0.15) is 17.3 Å². The molecule has 1 aromatic rings. The number of hydrogen-bond donors (Lipinski definition) is 1. The Bertz CT molecular complexity index is 547. The third-order valence-electron chi connectivity index (χ3n) is 2.49. The molecule has 0 aliphatic heterocycles. The van der Waals surface area contributed by atoms with E-state index in [4.69, 9.17) is 9.47 Å². The van der Waals surface area contributed by atoms with E-state index in [0.717, 1.165) is 13.2 Å². The van der Waals surface area contributed by atoms with E-state index in [2.05, 4.69) is 4.74 Å². The number of carbonyl (C=O) groups excluding carboxylic acids is 2. The summed E-state index contributed by atoms with van der Waals surface area (Å²) in [4.78, 5) is 22.5. The molecule has 0 heterocycles. The lowest BCUT2D eigenvalue weighted by Gasteiger charge is -2.12. The van der Waals surface area contributed by atoms with Crippen LogP contribution in [0.1, 0.15) is 19.4 Å². The van der Waals surface area contributed by atoms with Crippen LogP contribution < -0.4 is 9.47 Å². The van der Waals surface area contributed by atoms with E-state index in [1.807, 2.05) is 6.92 Å². The molecule has 0 aliphatic carbocycles. The lowest BCUT2D eigenvalue weighted by Crippen LogP contribution is -2.13. The molecule has 0 aromatic heterocycles. The van der Waals surface area contributed by atoms with Crippen LogP contribution in [0, 0.1) is 0 Å². The second-order valence-electron chi connectivity index (χ2n) is 3.91. The van der Waals surface area contributed by atoms with Crippen molar-refractivity contribution >= 4 is 17.5 Å². The van der Waals surface area contributed by atoms with E-state index >= 15 is 0 Å². The first-order chi connectivity index (χ1) is 10.0. The summed E-state index contributed by atoms with van der Waals surface area (Å²) in [7, 11) is 1.09. The molecule has 1 N–H and O–H groups in total. The average molecular weight is 294 g/mol. The number of aliphatic hydroxyl groups is 1. The predicted molar refractivity (Wildman–Crippen MR) is 76.4 cm³/mol. The van der Waals surface area contributed by atoms with Crippen molar-refractivity contribution in [2.75, 3.05) is 20.3 Å². The lowest BCUT2D eigenvalue weighted by atomic mass is 10.1. The van der Waals surface area contributed by atoms with Crippen molar-refractivity contribution in [3.63, 3.8) is 0 Å². The summed E-state index contributed by atoms with van der Waals surface area (Å²) in [6.07, 6.45) is 0.796. The molecule has 6 heteroatoms. The zero-order valence-electron chi connectivity index (χ0n) is 12.2. The fourth-order valence-corrected chi connectivity index (χ4v) is 1.61. The minimum atomic E-state index is -1.05. The molecule has 0 fully saturated rings. The summed E-state index contributed by atoms with van der Waals surface area (Å²) in [6.45, 7) is 4.51. The molecule has 6 nitrogen and oxygen atoms in total. The second kappa shape index (κ2) is 7.94. The van der Waals surface area contributed by atoms with Crippen molar-refractivity contribution in [1.29, 1.82) is 0 Å². The third kappa shape index (κ3) is 4.52. The summed E-state index contributed by atoms with van der Waals surface area (Å²) < 4.78 is 15.0. The van der Waals surface area contributed by atoms with Crippen LogP contribution >= 0.6 is 0 Å². The molecule has 0 bridgehead atoms. The number of carbonyl (C=O) groups is 2. The number of ether oxygens (including phenoxy) is 3. The van der Waals surface area contributed by atoms with E-state index in [0.29, 0.717) is 24.7 Å². The molecule has 0 amide bonds. The average Bonchev–Trinajstić information content (AvgIpc) is 2.47. The van der Waals surface area contributed by atoms with Gasteiger partial charge in [0, 0.05) is 12.1 Å². The maximum Gasteiger partial charge on any atom is 0.378 e. The highest BCUT2D eigenvalue weighted by atomic mass is 16.5. The van der Waals surface area contributed by atoms with Gasteiger partial charge >= 0.3 is 5.97 Å². The highest BCUT2D eigenvalue weighted by Crippen LogP contribution is 2.29. The largest absolute Gasteiger partial charge is 0.507 e. The number of methoxy groups -OCH3 is 1. The highest BCUT2D eigenvalue weighted by molar-refractivity contribution is 6.39. The van der Waals surface area contributed by atoms with Gasteiger partial charge in [-0.15, -0.1) is 0 Å². The first-order valence-corrected chi connectivity index (χ1v) is 6.46. The minimum absolute atomic E-state index is 0.289. The number of rotatable bonds is 7. The van der Waals surface area contributed by atoms with E-state index in [-0.39, 0.29) is 11.3 Å². The molecule has 0 unspecified atom stereocenters. The smallest absolute Gasteiger partial charge is 0.378 e. The zero-order valence-corrected chi connectivity index (χ0v) is 12.2. The topological polar surface area (TPSA) is 82.1 Å². The van der Waals surface area contributed by atoms with Crippen molar-refractivity contribution in [2.45, 2.75) is 13.8 Å². The number of esters is 1. The Morgan fingerprint density at radius 2 is 1.86 bits per heavy atom. The molecule has 0 aliphatic rings. The molecule has 0 radical (unpaired) electrons. The van der Waals surface area contributed by atoms with Crippen LogP contribution in [0.4, 0.5) is 0 Å². The van der Waals surface area contributed by atoms with Gasteiger partial charge in [-0.1, -0.05) is 0 Å². The summed E-state index contributed by atoms with van der Waals surface area (Å²) in [5.74, 6) is -1.44. The molecule has 0 saturated heterocycles. The third-order valence-corrected chi connectivity index (χ3v) is 2.49. The van der Waals surface area contributed by atoms with Gasteiger partial charge < -0.3 is 19.3 Å². The summed E-state index contributed by atoms with van der Waals surface area (Å²) >= 11 is 0. The Morgan fingerprint density at radius 1 is 1.19 bits per heavy atom. The molecule has 1 aromatic carbocycles. The van der Waals surface area contributed by atoms with Gasteiger partial charge in [0.15, 0.2) is 0 Å². The first kappa shape index (κ1) is 16.6. The van der Waals surface area contributed by atoms with Gasteiger partial charge in [0.25, 0.3) is 5.78 Å². The van der Waals surface area contributed by atoms with E-state index in [1.54, 1.807) is 25.1 Å². The van der Waals surface area contributed by atoms with Crippen LogP contribution in [0.15, 0.2) is 24.3 Å². The molecular formula is C15H18O6. The molecule has 0 atom stereocenters. The van der Waals surface area contributed by atoms with Crippen LogP contribution in [0.2, 0.25) is 0 Å². The first-order valence-electron chi connectivity index (χ1n) is 6.46. The van der Waals surface area contributed by atoms with Crippen LogP contribution in [-0.2, 0) is 14.3 Å². The van der Waals surface area contributed by atoms with Crippen molar-refractivity contribution in [2.24, 2.45) is 0 Å². The maximum atomic E-state index is 11.4. The van der Waals surface area contributed by atoms with Gasteiger partial charge in [-0.2, -0.15) is 0 Å². The molecule has 1 rings (SSSR count). The van der Waals surface area contributed by atoms with Crippen LogP contribution in [0.25, 0.3) is 5.76 Å². The molecule has 0 spiro atoms. The minimum Gasteiger partial charge on any atom is -0.507 e. The van der Waals surface area contributed by atoms with Crippen molar-refractivity contribution < 1.29 is 28.9 Å². The summed E-state index contributed by atoms with van der Waals surface area (Å²) in [5, 5.41) is 9.98. The van der Waals surface area contributed by atoms with E-state index < -0.39 is 11.8 Å². The lowest BCUT2D eigenvalue weighted by molar-refractivity contribution is -0.149. The standard InChI is InChI=1S/C15H18O6/c1-4-20-10-6-7-11(14(8-10)21-5-2)12(16)9-13(17)15(18)19-3/h6-9,16H,4-5H2,1-3H3/b12-9-. The number of hydrogen-bond acceptors (Lipinski definition) is 6. The van der Waals surface area contributed by atoms with Gasteiger partial charge in [-0.25, -0.2) is 4.79 Å². The molecule has 21 heavy (non-hydrogen) atoms. The van der Waals surface area contributed by atoms with Crippen LogP contribution in [0.3, 0.4) is 0 Å². The highest BCUT2D eigenvalue weighted by Gasteiger charge is 2.15. The summed E-state index contributed by atoms with van der Waals surface area (Å²) in [5.41, 5.74) is 0.289. The predicted octanol–water partition coefficient (Wildman–Crippen LogP) is 2.12. The Labute approximate surface area is 122 Å². The number of ketones is 1. The van der Waals surface area contributed by atoms with Crippen LogP contribution in [0.5, 0.6) is 11.5 Å². The molecule has 0 saturated carbocycles. The van der Waals surface area contributed by atoms with E-state index in [9.17, 15) is 14.7 Å². The monoisotopic (exact) mass is 294 g/mol. The number of benzene rings is 1. The Hall–Kier alpha value is -2.50. The summed E-state index contributed by atoms with van der Waals surface area (Å²) in [6, 6.07) is 4.79. The Kier molecular flexibility index (Phi) is 6.26. The van der Waals surface area contributed by atoms with Gasteiger partial charge in [0.2, 0.25) is 0 Å². The molecular weight excluding hydrogens is 276 g/mol. The van der Waals surface area contributed by atoms with Crippen molar-refractivity contribution in [1.82, 2.24) is 0 Å². The fourth-order valence-electron chi connectivity index (χ4n) is 1.61. The fraction of sp³-hybridized carbons (Fsp3) is 0.333. The Balaban J connectivity index is 3.12. The maximum absolute atomic E-state index is 11.4. The number of aliphatic hydroxyl groups excluding tert-OH is 1. The van der Waals surface area contributed by atoms with E-state index in [1.165, 1.54) is 0 Å². The quantitative estimate of drug-likeness (QED) is 0.359. The van der Waals surface area contributed by atoms with Gasteiger partial charge in [-0.05, 0) is 26.0 Å². The van der Waals surface area contributed by atoms with Crippen molar-refractivity contribution in [3.05, 3.63) is 29.8 Å². The molecule has 114 valence electrons. The zero-order chi connectivity index (χ0) is 15.8. The normalized spacial score (nSPS) is 10.9.